The molecule has 6 nitrogen and oxygen atoms in total. The maximum Gasteiger partial charge on any atom is 0.320 e. The Labute approximate surface area is 160 Å². The number of aromatic amines is 1. The van der Waals surface area contributed by atoms with E-state index in [1.165, 1.54) is 6.42 Å². The maximum atomic E-state index is 12.8. The van der Waals surface area contributed by atoms with Gasteiger partial charge in [0.25, 0.3) is 5.56 Å². The molecule has 1 aliphatic rings. The van der Waals surface area contributed by atoms with Crippen LogP contribution in [-0.4, -0.2) is 47.6 Å². The minimum absolute atomic E-state index is 0.0375. The summed E-state index contributed by atoms with van der Waals surface area (Å²) in [6.45, 7) is 2.86. The number of nitrogens with one attached hydrogen (secondary N) is 1. The number of rotatable bonds is 5. The molecule has 0 spiro atoms. The number of hydrogen-bond acceptors (Lipinski definition) is 3. The quantitative estimate of drug-likeness (QED) is 0.871. The molecule has 0 unspecified atom stereocenters. The van der Waals surface area contributed by atoms with Crippen molar-refractivity contribution in [1.29, 1.82) is 0 Å². The van der Waals surface area contributed by atoms with Crippen LogP contribution < -0.4 is 10.3 Å². The molecule has 1 saturated carbocycles. The first-order chi connectivity index (χ1) is 13.0. The number of urea groups is 1. The van der Waals surface area contributed by atoms with Gasteiger partial charge in [-0.1, -0.05) is 19.3 Å². The van der Waals surface area contributed by atoms with Gasteiger partial charge in [0.15, 0.2) is 0 Å². The van der Waals surface area contributed by atoms with Crippen molar-refractivity contribution in [2.75, 3.05) is 20.7 Å². The van der Waals surface area contributed by atoms with Gasteiger partial charge in [-0.05, 0) is 44.0 Å². The van der Waals surface area contributed by atoms with Gasteiger partial charge in [-0.3, -0.25) is 4.79 Å². The molecule has 1 N–H and O–H groups in total. The average Bonchev–Trinajstić information content (AvgIpc) is 2.67. The molecule has 27 heavy (non-hydrogen) atoms. The molecular formula is C21H29N3O3. The van der Waals surface area contributed by atoms with E-state index >= 15 is 0 Å². The van der Waals surface area contributed by atoms with E-state index in [1.807, 2.05) is 36.1 Å². The Morgan fingerprint density at radius 2 is 1.93 bits per heavy atom. The molecule has 1 heterocycles. The van der Waals surface area contributed by atoms with Crippen LogP contribution in [0.25, 0.3) is 10.9 Å². The number of pyridine rings is 1. The molecule has 1 aromatic carbocycles. The first-order valence-electron chi connectivity index (χ1n) is 9.76. The predicted molar refractivity (Wildman–Crippen MR) is 107 cm³/mol. The highest BCUT2D eigenvalue weighted by Crippen LogP contribution is 2.25. The van der Waals surface area contributed by atoms with E-state index in [9.17, 15) is 9.59 Å². The number of aromatic nitrogens is 1. The van der Waals surface area contributed by atoms with Crippen LogP contribution in [0.3, 0.4) is 0 Å². The summed E-state index contributed by atoms with van der Waals surface area (Å²) in [6.07, 6.45) is 5.48. The minimum Gasteiger partial charge on any atom is -0.494 e. The molecule has 3 rings (SSSR count). The fraction of sp³-hybridized carbons (Fsp3) is 0.524. The molecule has 2 amide bonds. The van der Waals surface area contributed by atoms with Gasteiger partial charge >= 0.3 is 6.03 Å². The molecule has 0 saturated heterocycles. The zero-order chi connectivity index (χ0) is 19.4. The van der Waals surface area contributed by atoms with E-state index in [2.05, 4.69) is 4.98 Å². The molecule has 0 bridgehead atoms. The van der Waals surface area contributed by atoms with E-state index in [-0.39, 0.29) is 17.6 Å². The Hall–Kier alpha value is -2.50. The number of H-pyrrole nitrogens is 1. The Morgan fingerprint density at radius 3 is 2.59 bits per heavy atom. The number of amides is 2. The highest BCUT2D eigenvalue weighted by atomic mass is 16.5. The standard InChI is InChI=1S/C21H29N3O3/c1-4-27-18-10-11-19-15(13-18)12-16(20(25)22-19)14-24(21(26)23(2)3)17-8-6-5-7-9-17/h10-13,17H,4-9,14H2,1-3H3,(H,22,25). The van der Waals surface area contributed by atoms with Crippen LogP contribution in [0, 0.1) is 0 Å². The van der Waals surface area contributed by atoms with E-state index < -0.39 is 0 Å². The average molecular weight is 371 g/mol. The van der Waals surface area contributed by atoms with Crippen molar-refractivity contribution in [2.24, 2.45) is 0 Å². The summed E-state index contributed by atoms with van der Waals surface area (Å²) in [5.41, 5.74) is 1.24. The monoisotopic (exact) mass is 371 g/mol. The van der Waals surface area contributed by atoms with Crippen molar-refractivity contribution in [2.45, 2.75) is 51.6 Å². The number of ether oxygens (including phenoxy) is 1. The van der Waals surface area contributed by atoms with Crippen LogP contribution in [0.4, 0.5) is 4.79 Å². The molecule has 1 aliphatic carbocycles. The number of nitrogens with zero attached hydrogens (tertiary/aromatic N) is 2. The van der Waals surface area contributed by atoms with Crippen molar-refractivity contribution in [3.05, 3.63) is 40.2 Å². The summed E-state index contributed by atoms with van der Waals surface area (Å²) >= 11 is 0. The van der Waals surface area contributed by atoms with E-state index in [0.717, 1.165) is 42.3 Å². The second-order valence-corrected chi connectivity index (χ2v) is 7.40. The van der Waals surface area contributed by atoms with Crippen LogP contribution in [0.1, 0.15) is 44.6 Å². The smallest absolute Gasteiger partial charge is 0.320 e. The second-order valence-electron chi connectivity index (χ2n) is 7.40. The SMILES string of the molecule is CCOc1ccc2[nH]c(=O)c(CN(C(=O)N(C)C)C3CCCCC3)cc2c1. The number of carbonyl (C=O) groups is 1. The van der Waals surface area contributed by atoms with Gasteiger partial charge in [0.2, 0.25) is 0 Å². The normalized spacial score (nSPS) is 14.9. The molecule has 146 valence electrons. The van der Waals surface area contributed by atoms with Crippen molar-refractivity contribution in [3.8, 4) is 5.75 Å². The lowest BCUT2D eigenvalue weighted by Gasteiger charge is -2.36. The lowest BCUT2D eigenvalue weighted by molar-refractivity contribution is 0.128. The molecule has 6 heteroatoms. The van der Waals surface area contributed by atoms with Crippen LogP contribution in [0.15, 0.2) is 29.1 Å². The first kappa shape index (κ1) is 19.3. The fourth-order valence-corrected chi connectivity index (χ4v) is 3.79. The topological polar surface area (TPSA) is 65.6 Å². The summed E-state index contributed by atoms with van der Waals surface area (Å²) in [6, 6.07) is 7.68. The van der Waals surface area contributed by atoms with Crippen LogP contribution in [0.2, 0.25) is 0 Å². The number of fused-ring (bicyclic) bond motifs is 1. The van der Waals surface area contributed by atoms with Gasteiger partial charge in [-0.15, -0.1) is 0 Å². The lowest BCUT2D eigenvalue weighted by Crippen LogP contribution is -2.46. The van der Waals surface area contributed by atoms with Crippen molar-refractivity contribution < 1.29 is 9.53 Å². The molecule has 0 aliphatic heterocycles. The summed E-state index contributed by atoms with van der Waals surface area (Å²) < 4.78 is 5.57. The van der Waals surface area contributed by atoms with Crippen molar-refractivity contribution in [1.82, 2.24) is 14.8 Å². The molecule has 1 aromatic heterocycles. The van der Waals surface area contributed by atoms with Gasteiger partial charge in [0.05, 0.1) is 13.2 Å². The van der Waals surface area contributed by atoms with Gasteiger partial charge in [0.1, 0.15) is 5.75 Å². The molecule has 2 aromatic rings. The van der Waals surface area contributed by atoms with Crippen LogP contribution in [0.5, 0.6) is 5.75 Å². The third kappa shape index (κ3) is 4.43. The zero-order valence-electron chi connectivity index (χ0n) is 16.5. The van der Waals surface area contributed by atoms with E-state index in [0.29, 0.717) is 18.7 Å². The summed E-state index contributed by atoms with van der Waals surface area (Å²) in [5.74, 6) is 0.775. The lowest BCUT2D eigenvalue weighted by atomic mass is 9.94. The highest BCUT2D eigenvalue weighted by Gasteiger charge is 2.27. The molecule has 0 radical (unpaired) electrons. The Kier molecular flexibility index (Phi) is 6.04. The van der Waals surface area contributed by atoms with E-state index in [4.69, 9.17) is 4.74 Å². The zero-order valence-corrected chi connectivity index (χ0v) is 16.5. The van der Waals surface area contributed by atoms with E-state index in [1.54, 1.807) is 19.0 Å². The fourth-order valence-electron chi connectivity index (χ4n) is 3.79. The Bertz CT molecular complexity index is 853. The Morgan fingerprint density at radius 1 is 1.19 bits per heavy atom. The molecular weight excluding hydrogens is 342 g/mol. The molecule has 0 atom stereocenters. The third-order valence-corrected chi connectivity index (χ3v) is 5.19. The third-order valence-electron chi connectivity index (χ3n) is 5.19. The van der Waals surface area contributed by atoms with Gasteiger partial charge < -0.3 is 19.5 Å². The summed E-state index contributed by atoms with van der Waals surface area (Å²) in [7, 11) is 3.52. The summed E-state index contributed by atoms with van der Waals surface area (Å²) in [5, 5.41) is 0.913. The number of benzene rings is 1. The number of carbonyl (C=O) groups excluding carboxylic acids is 1. The van der Waals surface area contributed by atoms with Gasteiger partial charge in [-0.25, -0.2) is 4.79 Å². The maximum absolute atomic E-state index is 12.8. The van der Waals surface area contributed by atoms with Gasteiger partial charge in [-0.2, -0.15) is 0 Å². The van der Waals surface area contributed by atoms with Crippen LogP contribution >= 0.6 is 0 Å². The minimum atomic E-state index is -0.140. The highest BCUT2D eigenvalue weighted by molar-refractivity contribution is 5.81. The van der Waals surface area contributed by atoms with Gasteiger partial charge in [0, 0.05) is 36.6 Å². The van der Waals surface area contributed by atoms with Crippen molar-refractivity contribution in [3.63, 3.8) is 0 Å². The second kappa shape index (κ2) is 8.46. The van der Waals surface area contributed by atoms with Crippen LogP contribution in [-0.2, 0) is 6.54 Å². The predicted octanol–water partition coefficient (Wildman–Crippen LogP) is 3.74. The Balaban J connectivity index is 1.94. The van der Waals surface area contributed by atoms with Crippen molar-refractivity contribution >= 4 is 16.9 Å². The number of hydrogen-bond donors (Lipinski definition) is 1. The summed E-state index contributed by atoms with van der Waals surface area (Å²) in [4.78, 5) is 31.8. The largest absolute Gasteiger partial charge is 0.494 e. The first-order valence-corrected chi connectivity index (χ1v) is 9.76. The molecule has 1 fully saturated rings.